The smallest absolute Gasteiger partial charge is 0.326 e. The van der Waals surface area contributed by atoms with Crippen LogP contribution in [0.1, 0.15) is 64.5 Å². The van der Waals surface area contributed by atoms with Crippen LogP contribution in [0.5, 0.6) is 11.5 Å². The van der Waals surface area contributed by atoms with Crippen LogP contribution in [-0.4, -0.2) is 80.7 Å². The minimum absolute atomic E-state index is 0.00120. The Bertz CT molecular complexity index is 1030. The number of carbonyl (C=O) groups excluding carboxylic acids is 2. The van der Waals surface area contributed by atoms with Crippen LogP contribution in [0, 0.1) is 0 Å². The summed E-state index contributed by atoms with van der Waals surface area (Å²) in [5, 5.41) is -0.745. The van der Waals surface area contributed by atoms with Crippen LogP contribution in [0.2, 0.25) is 0 Å². The van der Waals surface area contributed by atoms with E-state index in [1.165, 1.54) is 12.7 Å². The van der Waals surface area contributed by atoms with Crippen molar-refractivity contribution in [3.63, 3.8) is 0 Å². The molecule has 0 aromatic heterocycles. The molecule has 1 aromatic rings. The summed E-state index contributed by atoms with van der Waals surface area (Å²) in [4.78, 5) is 24.7. The number of ether oxygens (including phenoxy) is 6. The standard InChI is InChI=1S/C19H23NO5.C10H19ClO3/c1-3-5-20-6-4-12-7-15-16(25-11-24-15)8-13(12)18-14(20)9-17(22-2)19(18)23-10-21;1-6-10(3,4)14-7(2)8(11)9(12)13-5/h7-10,14,18-19H,3-6,11H2,1-2H3;7-8H,6H2,1-5H3/t14-,18-,19+;7-,8-/m00/s1. The summed E-state index contributed by atoms with van der Waals surface area (Å²) in [5.74, 6) is 1.82. The first kappa shape index (κ1) is 31.0. The van der Waals surface area contributed by atoms with Crippen molar-refractivity contribution in [1.29, 1.82) is 0 Å². The molecule has 2 aliphatic heterocycles. The van der Waals surface area contributed by atoms with Gasteiger partial charge in [0.1, 0.15) is 5.76 Å². The predicted octanol–water partition coefficient (Wildman–Crippen LogP) is 4.58. The molecule has 3 aliphatic rings. The van der Waals surface area contributed by atoms with E-state index in [4.69, 9.17) is 35.3 Å². The largest absolute Gasteiger partial charge is 0.497 e. The minimum atomic E-state index is -0.745. The Balaban J connectivity index is 0.000000258. The third-order valence-electron chi connectivity index (χ3n) is 7.54. The van der Waals surface area contributed by atoms with Crippen molar-refractivity contribution in [2.75, 3.05) is 34.1 Å². The van der Waals surface area contributed by atoms with E-state index in [0.717, 1.165) is 49.4 Å². The van der Waals surface area contributed by atoms with Crippen molar-refractivity contribution in [3.05, 3.63) is 35.1 Å². The highest BCUT2D eigenvalue weighted by Crippen LogP contribution is 2.46. The fraction of sp³-hybridized carbons (Fsp3) is 0.655. The molecule has 0 saturated carbocycles. The lowest BCUT2D eigenvalue weighted by Gasteiger charge is -2.31. The highest BCUT2D eigenvalue weighted by atomic mass is 35.5. The number of alkyl halides is 1. The van der Waals surface area contributed by atoms with Crippen molar-refractivity contribution in [2.24, 2.45) is 0 Å². The molecule has 1 aliphatic carbocycles. The van der Waals surface area contributed by atoms with Crippen LogP contribution < -0.4 is 9.47 Å². The van der Waals surface area contributed by atoms with Gasteiger partial charge >= 0.3 is 5.97 Å². The van der Waals surface area contributed by atoms with Crippen LogP contribution in [0.3, 0.4) is 0 Å². The maximum atomic E-state index is 11.1. The molecule has 0 fully saturated rings. The van der Waals surface area contributed by atoms with E-state index in [9.17, 15) is 9.59 Å². The molecule has 218 valence electrons. The number of nitrogens with zero attached hydrogens (tertiary/aromatic N) is 1. The number of hydrogen-bond donors (Lipinski definition) is 0. The summed E-state index contributed by atoms with van der Waals surface area (Å²) in [6, 6.07) is 4.27. The second kappa shape index (κ2) is 13.7. The first-order chi connectivity index (χ1) is 18.6. The third-order valence-corrected chi connectivity index (χ3v) is 8.07. The van der Waals surface area contributed by atoms with Gasteiger partial charge in [-0.05, 0) is 75.9 Å². The lowest BCUT2D eigenvalue weighted by atomic mass is 9.87. The molecule has 0 N–H and O–H groups in total. The second-order valence-electron chi connectivity index (χ2n) is 10.5. The quantitative estimate of drug-likeness (QED) is 0.229. The Morgan fingerprint density at radius 2 is 1.92 bits per heavy atom. The van der Waals surface area contributed by atoms with Crippen molar-refractivity contribution < 1.29 is 38.0 Å². The summed E-state index contributed by atoms with van der Waals surface area (Å²) in [6.07, 6.45) is 4.21. The summed E-state index contributed by atoms with van der Waals surface area (Å²) in [5.41, 5.74) is 2.12. The van der Waals surface area contributed by atoms with Crippen LogP contribution in [0.15, 0.2) is 24.0 Å². The molecule has 1 aromatic carbocycles. The van der Waals surface area contributed by atoms with Gasteiger partial charge in [0.15, 0.2) is 23.0 Å². The normalized spacial score (nSPS) is 23.2. The summed E-state index contributed by atoms with van der Waals surface area (Å²) < 4.78 is 32.3. The Hall–Kier alpha value is -2.49. The van der Waals surface area contributed by atoms with Gasteiger partial charge in [0.2, 0.25) is 6.79 Å². The third kappa shape index (κ3) is 7.18. The van der Waals surface area contributed by atoms with Crippen molar-refractivity contribution in [3.8, 4) is 11.5 Å². The zero-order valence-electron chi connectivity index (χ0n) is 24.0. The highest BCUT2D eigenvalue weighted by Gasteiger charge is 2.46. The molecule has 4 rings (SSSR count). The molecule has 9 nitrogen and oxygen atoms in total. The Morgan fingerprint density at radius 1 is 1.23 bits per heavy atom. The number of fused-ring (bicyclic) bond motifs is 4. The number of halogens is 1. The summed E-state index contributed by atoms with van der Waals surface area (Å²) in [7, 11) is 2.94. The number of hydrogen-bond acceptors (Lipinski definition) is 9. The first-order valence-corrected chi connectivity index (χ1v) is 13.9. The van der Waals surface area contributed by atoms with Gasteiger partial charge in [-0.2, -0.15) is 0 Å². The number of carbonyl (C=O) groups is 2. The van der Waals surface area contributed by atoms with Gasteiger partial charge < -0.3 is 28.4 Å². The molecule has 0 bridgehead atoms. The number of esters is 1. The molecule has 0 unspecified atom stereocenters. The molecule has 5 atom stereocenters. The van der Waals surface area contributed by atoms with E-state index in [1.54, 1.807) is 14.0 Å². The maximum Gasteiger partial charge on any atom is 0.326 e. The molecule has 10 heteroatoms. The molecule has 0 amide bonds. The average Bonchev–Trinajstić information content (AvgIpc) is 3.50. The predicted molar refractivity (Wildman–Crippen MR) is 147 cm³/mol. The molecule has 0 radical (unpaired) electrons. The van der Waals surface area contributed by atoms with Gasteiger partial charge in [-0.3, -0.25) is 14.5 Å². The lowest BCUT2D eigenvalue weighted by Crippen LogP contribution is -2.39. The molecular formula is C29H42ClNO8. The van der Waals surface area contributed by atoms with E-state index < -0.39 is 17.5 Å². The minimum Gasteiger partial charge on any atom is -0.497 e. The fourth-order valence-electron chi connectivity index (χ4n) is 5.24. The SMILES string of the molecule is CCC(C)(C)O[C@@H](C)[C@H](Cl)C(=O)OC.CCCN1CCc2cc3c(cc2[C@@H]2[C@H](OC=O)C(OC)=C[C@@H]21)OCO3. The van der Waals surface area contributed by atoms with Crippen LogP contribution in [-0.2, 0) is 35.0 Å². The number of methoxy groups -OCH3 is 2. The fourth-order valence-corrected chi connectivity index (χ4v) is 5.38. The molecule has 2 heterocycles. The lowest BCUT2D eigenvalue weighted by molar-refractivity contribution is -0.146. The highest BCUT2D eigenvalue weighted by molar-refractivity contribution is 6.30. The zero-order chi connectivity index (χ0) is 28.7. The van der Waals surface area contributed by atoms with Crippen LogP contribution >= 0.6 is 11.6 Å². The van der Waals surface area contributed by atoms with E-state index in [-0.39, 0.29) is 30.5 Å². The van der Waals surface area contributed by atoms with Crippen LogP contribution in [0.25, 0.3) is 0 Å². The molecule has 0 spiro atoms. The second-order valence-corrected chi connectivity index (χ2v) is 11.0. The zero-order valence-corrected chi connectivity index (χ0v) is 24.8. The van der Waals surface area contributed by atoms with Crippen molar-refractivity contribution in [1.82, 2.24) is 4.90 Å². The van der Waals surface area contributed by atoms with E-state index >= 15 is 0 Å². The average molecular weight is 568 g/mol. The van der Waals surface area contributed by atoms with Crippen LogP contribution in [0.4, 0.5) is 0 Å². The molecule has 39 heavy (non-hydrogen) atoms. The number of rotatable bonds is 10. The van der Waals surface area contributed by atoms with Crippen molar-refractivity contribution in [2.45, 2.75) is 89.0 Å². The van der Waals surface area contributed by atoms with Gasteiger partial charge in [0.25, 0.3) is 6.47 Å². The molecular weight excluding hydrogens is 526 g/mol. The maximum absolute atomic E-state index is 11.1. The van der Waals surface area contributed by atoms with E-state index in [0.29, 0.717) is 12.2 Å². The number of benzene rings is 1. The van der Waals surface area contributed by atoms with Gasteiger partial charge in [0.05, 0.1) is 25.9 Å². The Kier molecular flexibility index (Phi) is 10.9. The topological polar surface area (TPSA) is 92.8 Å². The monoisotopic (exact) mass is 567 g/mol. The molecule has 0 saturated heterocycles. The Morgan fingerprint density at radius 3 is 2.51 bits per heavy atom. The summed E-state index contributed by atoms with van der Waals surface area (Å²) >= 11 is 5.85. The van der Waals surface area contributed by atoms with Gasteiger partial charge in [-0.1, -0.05) is 13.8 Å². The van der Waals surface area contributed by atoms with Gasteiger partial charge in [0, 0.05) is 18.5 Å². The van der Waals surface area contributed by atoms with Gasteiger partial charge in [-0.25, -0.2) is 0 Å². The van der Waals surface area contributed by atoms with E-state index in [1.807, 2.05) is 20.8 Å². The summed E-state index contributed by atoms with van der Waals surface area (Å²) in [6.45, 7) is 12.6. The van der Waals surface area contributed by atoms with E-state index in [2.05, 4.69) is 34.8 Å². The first-order valence-electron chi connectivity index (χ1n) is 13.5. The Labute approximate surface area is 236 Å². The van der Waals surface area contributed by atoms with Gasteiger partial charge in [-0.15, -0.1) is 11.6 Å². The van der Waals surface area contributed by atoms with Crippen molar-refractivity contribution >= 4 is 24.0 Å².